The van der Waals surface area contributed by atoms with Crippen LogP contribution in [0, 0.1) is 0 Å². The summed E-state index contributed by atoms with van der Waals surface area (Å²) in [4.78, 5) is 38.2. The molecule has 8 heteroatoms. The lowest BCUT2D eigenvalue weighted by Gasteiger charge is -2.30. The van der Waals surface area contributed by atoms with Crippen molar-refractivity contribution in [3.8, 4) is 0 Å². The topological polar surface area (TPSA) is 117 Å². The molecule has 3 rings (SSSR count). The van der Waals surface area contributed by atoms with Crippen LogP contribution in [0.1, 0.15) is 41.6 Å². The zero-order chi connectivity index (χ0) is 22.1. The van der Waals surface area contributed by atoms with E-state index in [4.69, 9.17) is 5.73 Å². The Labute approximate surface area is 182 Å². The van der Waals surface area contributed by atoms with Gasteiger partial charge in [-0.3, -0.25) is 9.59 Å². The van der Waals surface area contributed by atoms with Crippen molar-refractivity contribution in [2.45, 2.75) is 32.2 Å². The third-order valence-corrected chi connectivity index (χ3v) is 5.19. The van der Waals surface area contributed by atoms with Crippen molar-refractivity contribution in [3.05, 3.63) is 59.7 Å². The Morgan fingerprint density at radius 2 is 1.68 bits per heavy atom. The number of nitrogens with two attached hydrogens (primary N) is 1. The maximum Gasteiger partial charge on any atom is 0.315 e. The number of nitrogens with one attached hydrogen (secondary N) is 3. The predicted molar refractivity (Wildman–Crippen MR) is 121 cm³/mol. The normalized spacial score (nSPS) is 13.4. The number of carbonyl (C=O) groups is 3. The third kappa shape index (κ3) is 6.74. The second-order valence-corrected chi connectivity index (χ2v) is 7.54. The van der Waals surface area contributed by atoms with Gasteiger partial charge in [-0.1, -0.05) is 30.3 Å². The van der Waals surface area contributed by atoms with Gasteiger partial charge in [-0.15, -0.1) is 0 Å². The molecule has 164 valence electrons. The van der Waals surface area contributed by atoms with Gasteiger partial charge in [-0.05, 0) is 43.0 Å². The lowest BCUT2D eigenvalue weighted by atomic mass is 10.1. The van der Waals surface area contributed by atoms with Gasteiger partial charge in [0.1, 0.15) is 0 Å². The van der Waals surface area contributed by atoms with Gasteiger partial charge in [-0.2, -0.15) is 0 Å². The molecule has 5 N–H and O–H groups in total. The molecule has 1 aliphatic rings. The van der Waals surface area contributed by atoms with Gasteiger partial charge in [-0.25, -0.2) is 4.79 Å². The highest BCUT2D eigenvalue weighted by atomic mass is 16.2. The summed E-state index contributed by atoms with van der Waals surface area (Å²) in [5, 5.41) is 8.31. The third-order valence-electron chi connectivity index (χ3n) is 5.19. The number of amides is 4. The number of benzene rings is 2. The van der Waals surface area contributed by atoms with Crippen LogP contribution < -0.4 is 26.6 Å². The molecule has 1 heterocycles. The molecule has 0 bridgehead atoms. The fraction of sp³-hybridized carbons (Fsp3) is 0.348. The van der Waals surface area contributed by atoms with Crippen molar-refractivity contribution >= 4 is 29.2 Å². The van der Waals surface area contributed by atoms with E-state index in [0.29, 0.717) is 17.8 Å². The molecule has 31 heavy (non-hydrogen) atoms. The number of primary amides is 1. The summed E-state index contributed by atoms with van der Waals surface area (Å²) in [6.07, 6.45) is 3.48. The molecule has 0 radical (unpaired) electrons. The van der Waals surface area contributed by atoms with Gasteiger partial charge in [0.15, 0.2) is 0 Å². The zero-order valence-electron chi connectivity index (χ0n) is 17.5. The van der Waals surface area contributed by atoms with Crippen LogP contribution in [-0.2, 0) is 11.3 Å². The van der Waals surface area contributed by atoms with Crippen LogP contribution in [-0.4, -0.2) is 37.5 Å². The standard InChI is InChI=1S/C23H29N5O3/c24-22(30)18-9-10-20(28-13-5-2-6-14-28)19(15-18)27-21(29)11-12-25-23(31)26-16-17-7-3-1-4-8-17/h1,3-4,7-10,15H,2,5-6,11-14,16H2,(H2,24,30)(H,27,29)(H2,25,26,31). The van der Waals surface area contributed by atoms with E-state index in [1.165, 1.54) is 6.42 Å². The summed E-state index contributed by atoms with van der Waals surface area (Å²) in [6.45, 7) is 2.42. The minimum absolute atomic E-state index is 0.110. The Balaban J connectivity index is 1.52. The first kappa shape index (κ1) is 22.1. The minimum atomic E-state index is -0.544. The van der Waals surface area contributed by atoms with Crippen LogP contribution in [0.15, 0.2) is 48.5 Å². The van der Waals surface area contributed by atoms with Crippen LogP contribution in [0.25, 0.3) is 0 Å². The summed E-state index contributed by atoms with van der Waals surface area (Å²) in [6, 6.07) is 14.4. The van der Waals surface area contributed by atoms with E-state index in [2.05, 4.69) is 20.9 Å². The van der Waals surface area contributed by atoms with Crippen LogP contribution in [0.2, 0.25) is 0 Å². The van der Waals surface area contributed by atoms with Crippen molar-refractivity contribution in [2.24, 2.45) is 5.73 Å². The van der Waals surface area contributed by atoms with E-state index in [0.717, 1.165) is 37.2 Å². The molecular formula is C23H29N5O3. The van der Waals surface area contributed by atoms with Crippen molar-refractivity contribution < 1.29 is 14.4 Å². The molecule has 0 atom stereocenters. The highest BCUT2D eigenvalue weighted by molar-refractivity contribution is 5.99. The zero-order valence-corrected chi connectivity index (χ0v) is 17.5. The van der Waals surface area contributed by atoms with Gasteiger partial charge in [0.25, 0.3) is 0 Å². The molecule has 0 aromatic heterocycles. The quantitative estimate of drug-likeness (QED) is 0.522. The summed E-state index contributed by atoms with van der Waals surface area (Å²) < 4.78 is 0. The largest absolute Gasteiger partial charge is 0.370 e. The van der Waals surface area contributed by atoms with Crippen molar-refractivity contribution in [2.75, 3.05) is 29.9 Å². The molecule has 2 aromatic carbocycles. The maximum atomic E-state index is 12.5. The fourth-order valence-corrected chi connectivity index (χ4v) is 3.54. The van der Waals surface area contributed by atoms with Crippen LogP contribution in [0.3, 0.4) is 0 Å². The van der Waals surface area contributed by atoms with E-state index in [1.54, 1.807) is 12.1 Å². The number of nitrogens with zero attached hydrogens (tertiary/aromatic N) is 1. The van der Waals surface area contributed by atoms with Crippen molar-refractivity contribution in [3.63, 3.8) is 0 Å². The first-order chi connectivity index (χ1) is 15.0. The predicted octanol–water partition coefficient (Wildman–Crippen LogP) is 2.60. The molecule has 1 fully saturated rings. The molecule has 4 amide bonds. The number of hydrogen-bond acceptors (Lipinski definition) is 4. The van der Waals surface area contributed by atoms with Crippen LogP contribution in [0.5, 0.6) is 0 Å². The molecule has 2 aromatic rings. The van der Waals surface area contributed by atoms with Crippen molar-refractivity contribution in [1.29, 1.82) is 0 Å². The summed E-state index contributed by atoms with van der Waals surface area (Å²) >= 11 is 0. The average Bonchev–Trinajstić information content (AvgIpc) is 2.79. The fourth-order valence-electron chi connectivity index (χ4n) is 3.54. The second kappa shape index (κ2) is 11.0. The van der Waals surface area contributed by atoms with Gasteiger partial charge in [0, 0.05) is 38.2 Å². The monoisotopic (exact) mass is 423 g/mol. The summed E-state index contributed by atoms with van der Waals surface area (Å²) in [7, 11) is 0. The average molecular weight is 424 g/mol. The number of rotatable bonds is 8. The molecule has 1 aliphatic heterocycles. The molecule has 0 saturated carbocycles. The Bertz CT molecular complexity index is 911. The van der Waals surface area contributed by atoms with Crippen LogP contribution in [0.4, 0.5) is 16.2 Å². The molecular weight excluding hydrogens is 394 g/mol. The second-order valence-electron chi connectivity index (χ2n) is 7.54. The SMILES string of the molecule is NC(=O)c1ccc(N2CCCCC2)c(NC(=O)CCNC(=O)NCc2ccccc2)c1. The van der Waals surface area contributed by atoms with E-state index >= 15 is 0 Å². The Kier molecular flexibility index (Phi) is 7.86. The number of carbonyl (C=O) groups excluding carboxylic acids is 3. The highest BCUT2D eigenvalue weighted by Gasteiger charge is 2.17. The number of urea groups is 1. The Morgan fingerprint density at radius 1 is 0.935 bits per heavy atom. The van der Waals surface area contributed by atoms with Crippen molar-refractivity contribution in [1.82, 2.24) is 10.6 Å². The maximum absolute atomic E-state index is 12.5. The lowest BCUT2D eigenvalue weighted by Crippen LogP contribution is -2.36. The van der Waals surface area contributed by atoms with Crippen LogP contribution >= 0.6 is 0 Å². The van der Waals surface area contributed by atoms with Gasteiger partial charge >= 0.3 is 6.03 Å². The number of hydrogen-bond donors (Lipinski definition) is 4. The van der Waals surface area contributed by atoms with E-state index < -0.39 is 5.91 Å². The first-order valence-corrected chi connectivity index (χ1v) is 10.6. The summed E-state index contributed by atoms with van der Waals surface area (Å²) in [5.74, 6) is -0.791. The Hall–Kier alpha value is -3.55. The highest BCUT2D eigenvalue weighted by Crippen LogP contribution is 2.29. The number of anilines is 2. The molecule has 0 aliphatic carbocycles. The lowest BCUT2D eigenvalue weighted by molar-refractivity contribution is -0.116. The van der Waals surface area contributed by atoms with Gasteiger partial charge in [0.2, 0.25) is 11.8 Å². The van der Waals surface area contributed by atoms with E-state index in [-0.39, 0.29) is 24.9 Å². The summed E-state index contributed by atoms with van der Waals surface area (Å²) in [5.41, 5.74) is 8.19. The Morgan fingerprint density at radius 3 is 2.39 bits per heavy atom. The molecule has 0 spiro atoms. The minimum Gasteiger partial charge on any atom is -0.370 e. The smallest absolute Gasteiger partial charge is 0.315 e. The molecule has 1 saturated heterocycles. The van der Waals surface area contributed by atoms with Gasteiger partial charge < -0.3 is 26.6 Å². The first-order valence-electron chi connectivity index (χ1n) is 10.6. The number of piperidine rings is 1. The van der Waals surface area contributed by atoms with Gasteiger partial charge in [0.05, 0.1) is 11.4 Å². The van der Waals surface area contributed by atoms with E-state index in [1.807, 2.05) is 36.4 Å². The molecule has 0 unspecified atom stereocenters. The van der Waals surface area contributed by atoms with E-state index in [9.17, 15) is 14.4 Å². The molecule has 8 nitrogen and oxygen atoms in total.